The molecule has 1 aliphatic carbocycles. The predicted octanol–water partition coefficient (Wildman–Crippen LogP) is 2.94. The number of carbonyl (C=O) groups excluding carboxylic acids is 1. The lowest BCUT2D eigenvalue weighted by Gasteiger charge is -2.28. The fourth-order valence-electron chi connectivity index (χ4n) is 4.15. The number of benzene rings is 1. The fourth-order valence-corrected chi connectivity index (χ4v) is 4.15. The SMILES string of the molecule is O=C(c1ccccc1)N1CC2CCCC2(COc2ncc(F)cn2)C1. The van der Waals surface area contributed by atoms with Gasteiger partial charge >= 0.3 is 6.01 Å². The minimum absolute atomic E-state index is 0.0534. The first kappa shape index (κ1) is 16.0. The van der Waals surface area contributed by atoms with E-state index in [1.807, 2.05) is 35.2 Å². The maximum Gasteiger partial charge on any atom is 0.316 e. The lowest BCUT2D eigenvalue weighted by atomic mass is 9.82. The first-order chi connectivity index (χ1) is 12.2. The Kier molecular flexibility index (Phi) is 4.11. The van der Waals surface area contributed by atoms with Crippen LogP contribution in [-0.2, 0) is 0 Å². The Morgan fingerprint density at radius 2 is 2.04 bits per heavy atom. The van der Waals surface area contributed by atoms with Crippen molar-refractivity contribution < 1.29 is 13.9 Å². The average molecular weight is 341 g/mol. The van der Waals surface area contributed by atoms with E-state index < -0.39 is 5.82 Å². The average Bonchev–Trinajstić information content (AvgIpc) is 3.19. The third-order valence-corrected chi connectivity index (χ3v) is 5.43. The van der Waals surface area contributed by atoms with Crippen molar-refractivity contribution >= 4 is 5.91 Å². The number of likely N-dealkylation sites (tertiary alicyclic amines) is 1. The number of hydrogen-bond acceptors (Lipinski definition) is 4. The van der Waals surface area contributed by atoms with Gasteiger partial charge in [-0.3, -0.25) is 4.79 Å². The summed E-state index contributed by atoms with van der Waals surface area (Å²) in [5, 5.41) is 0. The van der Waals surface area contributed by atoms with Crippen LogP contribution in [0.5, 0.6) is 6.01 Å². The van der Waals surface area contributed by atoms with Crippen molar-refractivity contribution in [1.29, 1.82) is 0 Å². The van der Waals surface area contributed by atoms with E-state index >= 15 is 0 Å². The normalized spacial score (nSPS) is 25.0. The third-order valence-electron chi connectivity index (χ3n) is 5.43. The molecule has 0 N–H and O–H groups in total. The van der Waals surface area contributed by atoms with Crippen LogP contribution in [0.3, 0.4) is 0 Å². The van der Waals surface area contributed by atoms with Crippen LogP contribution in [-0.4, -0.2) is 40.5 Å². The number of amides is 1. The molecule has 25 heavy (non-hydrogen) atoms. The number of rotatable bonds is 4. The maximum absolute atomic E-state index is 12.9. The van der Waals surface area contributed by atoms with Gasteiger partial charge in [-0.05, 0) is 30.9 Å². The standard InChI is InChI=1S/C19H20FN3O2/c20-16-9-21-18(22-10-16)25-13-19-8-4-7-15(19)11-23(12-19)17(24)14-5-2-1-3-6-14/h1-3,5-6,9-10,15H,4,7-8,11-13H2. The summed E-state index contributed by atoms with van der Waals surface area (Å²) in [6.07, 6.45) is 5.48. The number of aromatic nitrogens is 2. The lowest BCUT2D eigenvalue weighted by Crippen LogP contribution is -2.35. The van der Waals surface area contributed by atoms with Crippen molar-refractivity contribution in [2.24, 2.45) is 11.3 Å². The molecule has 2 fully saturated rings. The Bertz CT molecular complexity index is 753. The van der Waals surface area contributed by atoms with Crippen molar-refractivity contribution in [2.75, 3.05) is 19.7 Å². The molecular weight excluding hydrogens is 321 g/mol. The van der Waals surface area contributed by atoms with Gasteiger partial charge in [-0.1, -0.05) is 24.6 Å². The van der Waals surface area contributed by atoms with Crippen molar-refractivity contribution in [1.82, 2.24) is 14.9 Å². The van der Waals surface area contributed by atoms with Gasteiger partial charge in [-0.2, -0.15) is 0 Å². The highest BCUT2D eigenvalue weighted by Gasteiger charge is 2.51. The minimum atomic E-state index is -0.482. The highest BCUT2D eigenvalue weighted by atomic mass is 19.1. The largest absolute Gasteiger partial charge is 0.463 e. The number of nitrogens with zero attached hydrogens (tertiary/aromatic N) is 3. The molecule has 2 atom stereocenters. The Hall–Kier alpha value is -2.50. The summed E-state index contributed by atoms with van der Waals surface area (Å²) in [5.41, 5.74) is 0.669. The van der Waals surface area contributed by atoms with Crippen molar-refractivity contribution in [3.8, 4) is 6.01 Å². The zero-order chi connectivity index (χ0) is 17.3. The molecule has 1 saturated heterocycles. The first-order valence-corrected chi connectivity index (χ1v) is 8.61. The number of carbonyl (C=O) groups is 1. The number of fused-ring (bicyclic) bond motifs is 1. The molecule has 2 heterocycles. The molecule has 130 valence electrons. The molecule has 0 bridgehead atoms. The summed E-state index contributed by atoms with van der Waals surface area (Å²) < 4.78 is 18.7. The fraction of sp³-hybridized carbons (Fsp3) is 0.421. The molecule has 1 amide bonds. The van der Waals surface area contributed by atoms with Gasteiger partial charge in [-0.15, -0.1) is 0 Å². The van der Waals surface area contributed by atoms with Gasteiger partial charge in [0.1, 0.15) is 0 Å². The van der Waals surface area contributed by atoms with Crippen LogP contribution in [0, 0.1) is 17.2 Å². The smallest absolute Gasteiger partial charge is 0.316 e. The summed E-state index contributed by atoms with van der Waals surface area (Å²) in [6.45, 7) is 1.91. The molecule has 0 spiro atoms. The van der Waals surface area contributed by atoms with Crippen molar-refractivity contribution in [3.05, 3.63) is 54.1 Å². The van der Waals surface area contributed by atoms with Gasteiger partial charge in [0.05, 0.1) is 19.0 Å². The third kappa shape index (κ3) is 3.08. The van der Waals surface area contributed by atoms with E-state index in [1.54, 1.807) is 0 Å². The molecule has 2 aromatic rings. The molecule has 5 nitrogen and oxygen atoms in total. The molecule has 2 aliphatic rings. The second kappa shape index (κ2) is 6.43. The molecule has 1 aliphatic heterocycles. The van der Waals surface area contributed by atoms with Crippen LogP contribution in [0.1, 0.15) is 29.6 Å². The Morgan fingerprint density at radius 3 is 2.80 bits per heavy atom. The Balaban J connectivity index is 1.47. The molecule has 6 heteroatoms. The Morgan fingerprint density at radius 1 is 1.28 bits per heavy atom. The second-order valence-electron chi connectivity index (χ2n) is 6.98. The van der Waals surface area contributed by atoms with Crippen LogP contribution in [0.15, 0.2) is 42.7 Å². The topological polar surface area (TPSA) is 55.3 Å². The molecule has 1 aromatic heterocycles. The van der Waals surface area contributed by atoms with Gasteiger partial charge in [-0.25, -0.2) is 14.4 Å². The van der Waals surface area contributed by atoms with Crippen LogP contribution in [0.25, 0.3) is 0 Å². The van der Waals surface area contributed by atoms with Gasteiger partial charge in [0.2, 0.25) is 0 Å². The van der Waals surface area contributed by atoms with E-state index in [0.29, 0.717) is 19.1 Å². The van der Waals surface area contributed by atoms with Crippen molar-refractivity contribution in [2.45, 2.75) is 19.3 Å². The van der Waals surface area contributed by atoms with Crippen LogP contribution >= 0.6 is 0 Å². The maximum atomic E-state index is 12.9. The highest BCUT2D eigenvalue weighted by Crippen LogP contribution is 2.49. The summed E-state index contributed by atoms with van der Waals surface area (Å²) in [7, 11) is 0. The number of hydrogen-bond donors (Lipinski definition) is 0. The van der Waals surface area contributed by atoms with Gasteiger partial charge in [0.25, 0.3) is 5.91 Å². The molecule has 2 unspecified atom stereocenters. The van der Waals surface area contributed by atoms with E-state index in [0.717, 1.165) is 43.8 Å². The zero-order valence-corrected chi connectivity index (χ0v) is 13.9. The monoisotopic (exact) mass is 341 g/mol. The second-order valence-corrected chi connectivity index (χ2v) is 6.98. The lowest BCUT2D eigenvalue weighted by molar-refractivity contribution is 0.0742. The molecular formula is C19H20FN3O2. The molecule has 1 aromatic carbocycles. The molecule has 4 rings (SSSR count). The van der Waals surface area contributed by atoms with Gasteiger partial charge in [0.15, 0.2) is 5.82 Å². The van der Waals surface area contributed by atoms with E-state index in [9.17, 15) is 9.18 Å². The number of halogens is 1. The minimum Gasteiger partial charge on any atom is -0.463 e. The van der Waals surface area contributed by atoms with Crippen LogP contribution < -0.4 is 4.74 Å². The van der Waals surface area contributed by atoms with Crippen molar-refractivity contribution in [3.63, 3.8) is 0 Å². The highest BCUT2D eigenvalue weighted by molar-refractivity contribution is 5.94. The van der Waals surface area contributed by atoms with Crippen LogP contribution in [0.2, 0.25) is 0 Å². The zero-order valence-electron chi connectivity index (χ0n) is 13.9. The quantitative estimate of drug-likeness (QED) is 0.858. The summed E-state index contributed by atoms with van der Waals surface area (Å²) in [6, 6.07) is 9.57. The first-order valence-electron chi connectivity index (χ1n) is 8.61. The summed E-state index contributed by atoms with van der Waals surface area (Å²) in [5.74, 6) is 0.0257. The number of ether oxygens (including phenoxy) is 1. The van der Waals surface area contributed by atoms with Gasteiger partial charge < -0.3 is 9.64 Å². The van der Waals surface area contributed by atoms with E-state index in [2.05, 4.69) is 9.97 Å². The predicted molar refractivity (Wildman–Crippen MR) is 89.6 cm³/mol. The van der Waals surface area contributed by atoms with Gasteiger partial charge in [0, 0.05) is 24.1 Å². The summed E-state index contributed by atoms with van der Waals surface area (Å²) >= 11 is 0. The Labute approximate surface area is 145 Å². The van der Waals surface area contributed by atoms with E-state index in [1.165, 1.54) is 0 Å². The van der Waals surface area contributed by atoms with Crippen LogP contribution in [0.4, 0.5) is 4.39 Å². The van der Waals surface area contributed by atoms with E-state index in [-0.39, 0.29) is 17.3 Å². The van der Waals surface area contributed by atoms with E-state index in [4.69, 9.17) is 4.74 Å². The molecule has 0 radical (unpaired) electrons. The summed E-state index contributed by atoms with van der Waals surface area (Å²) in [4.78, 5) is 22.4. The molecule has 1 saturated carbocycles.